The molecule has 3 nitrogen and oxygen atoms in total. The molecule has 0 amide bonds. The molecule has 0 aromatic heterocycles. The largest absolute Gasteiger partial charge is 0.264 e. The van der Waals surface area contributed by atoms with Crippen LogP contribution in [0.25, 0.3) is 0 Å². The quantitative estimate of drug-likeness (QED) is 0.850. The summed E-state index contributed by atoms with van der Waals surface area (Å²) in [5.74, 6) is 0. The third-order valence-corrected chi connectivity index (χ3v) is 6.14. The lowest BCUT2D eigenvalue weighted by molar-refractivity contribution is 0.575. The van der Waals surface area contributed by atoms with Crippen molar-refractivity contribution in [3.05, 3.63) is 60.2 Å². The van der Waals surface area contributed by atoms with Crippen molar-refractivity contribution < 1.29 is 8.42 Å². The predicted molar refractivity (Wildman–Crippen MR) is 89.5 cm³/mol. The van der Waals surface area contributed by atoms with Crippen LogP contribution in [0.5, 0.6) is 0 Å². The average Bonchev–Trinajstić information content (AvgIpc) is 3.02. The van der Waals surface area contributed by atoms with Gasteiger partial charge in [0.1, 0.15) is 0 Å². The number of sulfonamides is 1. The minimum Gasteiger partial charge on any atom is -0.263 e. The van der Waals surface area contributed by atoms with E-state index >= 15 is 0 Å². The molecule has 0 unspecified atom stereocenters. The summed E-state index contributed by atoms with van der Waals surface area (Å²) < 4.78 is 27.9. The van der Waals surface area contributed by atoms with Crippen LogP contribution in [0, 0.1) is 6.92 Å². The molecular formula is C18H21NO2S. The third-order valence-electron chi connectivity index (χ3n) is 4.24. The van der Waals surface area contributed by atoms with Gasteiger partial charge < -0.3 is 0 Å². The van der Waals surface area contributed by atoms with Crippen LogP contribution in [-0.4, -0.2) is 14.5 Å². The topological polar surface area (TPSA) is 37.4 Å². The summed E-state index contributed by atoms with van der Waals surface area (Å²) in [5, 5.41) is 0. The van der Waals surface area contributed by atoms with E-state index in [1.165, 1.54) is 0 Å². The molecule has 116 valence electrons. The first-order chi connectivity index (χ1) is 10.6. The van der Waals surface area contributed by atoms with E-state index < -0.39 is 10.0 Å². The van der Waals surface area contributed by atoms with Gasteiger partial charge in [-0.25, -0.2) is 8.42 Å². The summed E-state index contributed by atoms with van der Waals surface area (Å²) in [6, 6.07) is 16.6. The predicted octanol–water partition coefficient (Wildman–Crippen LogP) is 4.13. The number of nitrogens with zero attached hydrogens (tertiary/aromatic N) is 1. The highest BCUT2D eigenvalue weighted by molar-refractivity contribution is 7.92. The van der Waals surface area contributed by atoms with Crippen molar-refractivity contribution in [3.8, 4) is 0 Å². The Morgan fingerprint density at radius 2 is 1.50 bits per heavy atom. The van der Waals surface area contributed by atoms with E-state index in [4.69, 9.17) is 0 Å². The Balaban J connectivity index is 2.06. The normalized spacial score (nSPS) is 15.9. The van der Waals surface area contributed by atoms with Gasteiger partial charge >= 0.3 is 0 Å². The van der Waals surface area contributed by atoms with Gasteiger partial charge in [0, 0.05) is 6.04 Å². The van der Waals surface area contributed by atoms with E-state index in [0.717, 1.165) is 36.9 Å². The molecule has 0 N–H and O–H groups in total. The highest BCUT2D eigenvalue weighted by Gasteiger charge is 2.33. The summed E-state index contributed by atoms with van der Waals surface area (Å²) in [4.78, 5) is 0.369. The van der Waals surface area contributed by atoms with Crippen molar-refractivity contribution in [2.45, 2.75) is 43.5 Å². The van der Waals surface area contributed by atoms with Crippen molar-refractivity contribution in [3.63, 3.8) is 0 Å². The SMILES string of the molecule is Cc1ccc(S(=O)(=O)N(c2ccccc2)C2CCCC2)cc1. The van der Waals surface area contributed by atoms with Gasteiger partial charge in [-0.05, 0) is 44.0 Å². The van der Waals surface area contributed by atoms with Crippen LogP contribution < -0.4 is 4.31 Å². The van der Waals surface area contributed by atoms with Gasteiger partial charge in [0.25, 0.3) is 10.0 Å². The first-order valence-electron chi connectivity index (χ1n) is 7.75. The van der Waals surface area contributed by atoms with E-state index in [2.05, 4.69) is 0 Å². The second-order valence-electron chi connectivity index (χ2n) is 5.89. The molecule has 1 aliphatic rings. The fourth-order valence-corrected chi connectivity index (χ4v) is 4.79. The van der Waals surface area contributed by atoms with Crippen LogP contribution in [-0.2, 0) is 10.0 Å². The molecule has 0 radical (unpaired) electrons. The van der Waals surface area contributed by atoms with Crippen molar-refractivity contribution in [1.82, 2.24) is 0 Å². The Kier molecular flexibility index (Phi) is 4.21. The molecule has 0 saturated heterocycles. The lowest BCUT2D eigenvalue weighted by Crippen LogP contribution is -2.38. The van der Waals surface area contributed by atoms with Gasteiger partial charge in [0.05, 0.1) is 10.6 Å². The minimum atomic E-state index is -3.52. The molecule has 1 aliphatic carbocycles. The summed E-state index contributed by atoms with van der Waals surface area (Å²) in [5.41, 5.74) is 1.82. The molecule has 2 aromatic carbocycles. The number of para-hydroxylation sites is 1. The number of hydrogen-bond acceptors (Lipinski definition) is 2. The fraction of sp³-hybridized carbons (Fsp3) is 0.333. The maximum atomic E-state index is 13.2. The van der Waals surface area contributed by atoms with Crippen molar-refractivity contribution >= 4 is 15.7 Å². The van der Waals surface area contributed by atoms with E-state index in [-0.39, 0.29) is 6.04 Å². The second kappa shape index (κ2) is 6.13. The van der Waals surface area contributed by atoms with Crippen LogP contribution in [0.15, 0.2) is 59.5 Å². The third kappa shape index (κ3) is 2.88. The monoisotopic (exact) mass is 315 g/mol. The Hall–Kier alpha value is -1.81. The summed E-state index contributed by atoms with van der Waals surface area (Å²) in [7, 11) is -3.52. The molecule has 0 atom stereocenters. The van der Waals surface area contributed by atoms with Gasteiger partial charge in [-0.15, -0.1) is 0 Å². The summed E-state index contributed by atoms with van der Waals surface area (Å²) in [6.45, 7) is 1.96. The van der Waals surface area contributed by atoms with Crippen molar-refractivity contribution in [1.29, 1.82) is 0 Å². The number of benzene rings is 2. The molecule has 0 bridgehead atoms. The maximum Gasteiger partial charge on any atom is 0.264 e. The lowest BCUT2D eigenvalue weighted by atomic mass is 10.2. The van der Waals surface area contributed by atoms with Gasteiger partial charge in [-0.1, -0.05) is 48.7 Å². The zero-order chi connectivity index (χ0) is 15.6. The van der Waals surface area contributed by atoms with Crippen LogP contribution >= 0.6 is 0 Å². The molecule has 1 fully saturated rings. The van der Waals surface area contributed by atoms with E-state index in [9.17, 15) is 8.42 Å². The van der Waals surface area contributed by atoms with E-state index in [0.29, 0.717) is 4.90 Å². The number of anilines is 1. The van der Waals surface area contributed by atoms with Crippen LogP contribution in [0.2, 0.25) is 0 Å². The smallest absolute Gasteiger partial charge is 0.263 e. The van der Waals surface area contributed by atoms with Gasteiger partial charge in [0.15, 0.2) is 0 Å². The first kappa shape index (κ1) is 15.1. The first-order valence-corrected chi connectivity index (χ1v) is 9.19. The number of aryl methyl sites for hydroxylation is 1. The fourth-order valence-electron chi connectivity index (χ4n) is 3.08. The zero-order valence-corrected chi connectivity index (χ0v) is 13.6. The molecule has 2 aromatic rings. The average molecular weight is 315 g/mol. The maximum absolute atomic E-state index is 13.2. The highest BCUT2D eigenvalue weighted by Crippen LogP contribution is 2.33. The van der Waals surface area contributed by atoms with Gasteiger partial charge in [-0.2, -0.15) is 0 Å². The van der Waals surface area contributed by atoms with Gasteiger partial charge in [-0.3, -0.25) is 4.31 Å². The number of rotatable bonds is 4. The Morgan fingerprint density at radius 3 is 2.09 bits per heavy atom. The van der Waals surface area contributed by atoms with E-state index in [1.54, 1.807) is 16.4 Å². The van der Waals surface area contributed by atoms with Crippen molar-refractivity contribution in [2.24, 2.45) is 0 Å². The molecule has 0 heterocycles. The Morgan fingerprint density at radius 1 is 0.909 bits per heavy atom. The molecule has 0 spiro atoms. The zero-order valence-electron chi connectivity index (χ0n) is 12.8. The van der Waals surface area contributed by atoms with Crippen LogP contribution in [0.4, 0.5) is 5.69 Å². The summed E-state index contributed by atoms with van der Waals surface area (Å²) in [6.07, 6.45) is 4.05. The Labute approximate surface area is 132 Å². The van der Waals surface area contributed by atoms with Crippen molar-refractivity contribution in [2.75, 3.05) is 4.31 Å². The van der Waals surface area contributed by atoms with Gasteiger partial charge in [0.2, 0.25) is 0 Å². The number of hydrogen-bond donors (Lipinski definition) is 0. The molecule has 22 heavy (non-hydrogen) atoms. The molecule has 3 rings (SSSR count). The van der Waals surface area contributed by atoms with E-state index in [1.807, 2.05) is 49.4 Å². The standard InChI is InChI=1S/C18H21NO2S/c1-15-11-13-18(14-12-15)22(20,21)19(17-9-5-6-10-17)16-7-3-2-4-8-16/h2-4,7-8,11-14,17H,5-6,9-10H2,1H3. The van der Waals surface area contributed by atoms with Crippen LogP contribution in [0.1, 0.15) is 31.2 Å². The van der Waals surface area contributed by atoms with Crippen LogP contribution in [0.3, 0.4) is 0 Å². The highest BCUT2D eigenvalue weighted by atomic mass is 32.2. The lowest BCUT2D eigenvalue weighted by Gasteiger charge is -2.30. The Bertz CT molecular complexity index is 717. The minimum absolute atomic E-state index is 0.0636. The second-order valence-corrected chi connectivity index (χ2v) is 7.70. The molecule has 4 heteroatoms. The molecular weight excluding hydrogens is 294 g/mol. The molecule has 1 saturated carbocycles. The summed E-state index contributed by atoms with van der Waals surface area (Å²) >= 11 is 0. The molecule has 0 aliphatic heterocycles.